The van der Waals surface area contributed by atoms with Crippen LogP contribution in [0, 0.1) is 0 Å². The quantitative estimate of drug-likeness (QED) is 0.431. The van der Waals surface area contributed by atoms with E-state index in [-0.39, 0.29) is 18.1 Å². The van der Waals surface area contributed by atoms with Crippen molar-refractivity contribution in [2.45, 2.75) is 13.1 Å². The zero-order valence-corrected chi connectivity index (χ0v) is 18.5. The second-order valence-electron chi connectivity index (χ2n) is 7.55. The zero-order valence-electron chi connectivity index (χ0n) is 18.5. The number of benzene rings is 3. The lowest BCUT2D eigenvalue weighted by Gasteiger charge is -2.24. The summed E-state index contributed by atoms with van der Waals surface area (Å²) in [6.45, 7) is 0.467. The van der Waals surface area contributed by atoms with E-state index in [9.17, 15) is 9.59 Å². The van der Waals surface area contributed by atoms with Crippen molar-refractivity contribution in [2.75, 3.05) is 19.5 Å². The smallest absolute Gasteiger partial charge is 0.322 e. The predicted octanol–water partition coefficient (Wildman–Crippen LogP) is 4.78. The number of urea groups is 1. The summed E-state index contributed by atoms with van der Waals surface area (Å²) < 4.78 is 10.6. The highest BCUT2D eigenvalue weighted by atomic mass is 16.5. The molecule has 0 saturated heterocycles. The minimum absolute atomic E-state index is 0.132. The molecule has 2 N–H and O–H groups in total. The number of hydrogen-bond donors (Lipinski definition) is 2. The number of pyridine rings is 1. The number of fused-ring (bicyclic) bond motifs is 1. The largest absolute Gasteiger partial charge is 0.497 e. The van der Waals surface area contributed by atoms with Gasteiger partial charge in [0, 0.05) is 18.2 Å². The third kappa shape index (κ3) is 5.15. The molecule has 7 nitrogen and oxygen atoms in total. The van der Waals surface area contributed by atoms with Crippen LogP contribution in [0.2, 0.25) is 0 Å². The van der Waals surface area contributed by atoms with Gasteiger partial charge in [-0.1, -0.05) is 42.5 Å². The lowest BCUT2D eigenvalue weighted by molar-refractivity contribution is 0.206. The molecule has 0 atom stereocenters. The molecule has 33 heavy (non-hydrogen) atoms. The Morgan fingerprint density at radius 3 is 2.42 bits per heavy atom. The molecule has 4 rings (SSSR count). The molecule has 0 saturated carbocycles. The zero-order chi connectivity index (χ0) is 23.2. The van der Waals surface area contributed by atoms with E-state index in [1.807, 2.05) is 60.7 Å². The van der Waals surface area contributed by atoms with Gasteiger partial charge in [0.2, 0.25) is 0 Å². The van der Waals surface area contributed by atoms with Crippen molar-refractivity contribution in [2.24, 2.45) is 0 Å². The molecular weight excluding hydrogens is 418 g/mol. The highest BCUT2D eigenvalue weighted by molar-refractivity contribution is 5.91. The van der Waals surface area contributed by atoms with Crippen LogP contribution in [-0.4, -0.2) is 30.1 Å². The lowest BCUT2D eigenvalue weighted by atomic mass is 10.1. The maximum Gasteiger partial charge on any atom is 0.322 e. The first-order valence-corrected chi connectivity index (χ1v) is 10.5. The van der Waals surface area contributed by atoms with E-state index < -0.39 is 0 Å². The molecule has 4 aromatic rings. The summed E-state index contributed by atoms with van der Waals surface area (Å²) in [5, 5.41) is 3.76. The molecule has 0 spiro atoms. The predicted molar refractivity (Wildman–Crippen MR) is 129 cm³/mol. The SMILES string of the molecule is COc1ccc2cc(CN(Cc3ccccc3)C(=O)Nc3ccccc3OC)c(=O)[nH]c2c1. The third-order valence-electron chi connectivity index (χ3n) is 5.34. The van der Waals surface area contributed by atoms with E-state index >= 15 is 0 Å². The number of carbonyl (C=O) groups excluding carboxylic acids is 1. The van der Waals surface area contributed by atoms with E-state index in [0.717, 1.165) is 10.9 Å². The maximum atomic E-state index is 13.3. The minimum Gasteiger partial charge on any atom is -0.497 e. The van der Waals surface area contributed by atoms with Crippen LogP contribution in [0.25, 0.3) is 10.9 Å². The Morgan fingerprint density at radius 2 is 1.67 bits per heavy atom. The number of anilines is 1. The number of aromatic amines is 1. The van der Waals surface area contributed by atoms with Gasteiger partial charge in [-0.15, -0.1) is 0 Å². The number of amides is 2. The highest BCUT2D eigenvalue weighted by Gasteiger charge is 2.18. The van der Waals surface area contributed by atoms with Gasteiger partial charge in [0.15, 0.2) is 0 Å². The molecule has 0 aliphatic carbocycles. The Bertz CT molecular complexity index is 1320. The summed E-state index contributed by atoms with van der Waals surface area (Å²) >= 11 is 0. The molecule has 1 aromatic heterocycles. The third-order valence-corrected chi connectivity index (χ3v) is 5.34. The van der Waals surface area contributed by atoms with E-state index in [1.54, 1.807) is 37.3 Å². The maximum absolute atomic E-state index is 13.3. The Morgan fingerprint density at radius 1 is 0.909 bits per heavy atom. The lowest BCUT2D eigenvalue weighted by Crippen LogP contribution is -2.35. The van der Waals surface area contributed by atoms with Gasteiger partial charge in [-0.2, -0.15) is 0 Å². The Balaban J connectivity index is 1.65. The van der Waals surface area contributed by atoms with Crippen LogP contribution in [-0.2, 0) is 13.1 Å². The Kier molecular flexibility index (Phi) is 6.59. The van der Waals surface area contributed by atoms with Crippen molar-refractivity contribution in [3.8, 4) is 11.5 Å². The molecule has 0 fully saturated rings. The van der Waals surface area contributed by atoms with Crippen molar-refractivity contribution in [1.82, 2.24) is 9.88 Å². The Hall–Kier alpha value is -4.26. The fourth-order valence-corrected chi connectivity index (χ4v) is 3.62. The summed E-state index contributed by atoms with van der Waals surface area (Å²) in [6, 6.07) is 23.8. The molecule has 0 bridgehead atoms. The van der Waals surface area contributed by atoms with Gasteiger partial charge in [-0.05, 0) is 41.3 Å². The van der Waals surface area contributed by atoms with Gasteiger partial charge < -0.3 is 24.7 Å². The van der Waals surface area contributed by atoms with Crippen LogP contribution in [0.5, 0.6) is 11.5 Å². The number of aromatic nitrogens is 1. The van der Waals surface area contributed by atoms with Gasteiger partial charge in [-0.3, -0.25) is 4.79 Å². The standard InChI is InChI=1S/C26H25N3O4/c1-32-21-13-12-19-14-20(25(30)27-23(19)15-21)17-29(16-18-8-4-3-5-9-18)26(31)28-22-10-6-7-11-24(22)33-2/h3-15H,16-17H2,1-2H3,(H,27,30)(H,28,31). The number of methoxy groups -OCH3 is 2. The first-order chi connectivity index (χ1) is 16.1. The van der Waals surface area contributed by atoms with Gasteiger partial charge in [0.25, 0.3) is 5.56 Å². The molecule has 1 heterocycles. The number of rotatable bonds is 7. The number of ether oxygens (including phenoxy) is 2. The molecule has 0 radical (unpaired) electrons. The number of carbonyl (C=O) groups is 1. The average molecular weight is 444 g/mol. The molecule has 168 valence electrons. The summed E-state index contributed by atoms with van der Waals surface area (Å²) in [4.78, 5) is 30.6. The van der Waals surface area contributed by atoms with E-state index in [4.69, 9.17) is 9.47 Å². The van der Waals surface area contributed by atoms with E-state index in [1.165, 1.54) is 0 Å². The molecule has 0 aliphatic rings. The first-order valence-electron chi connectivity index (χ1n) is 10.5. The Labute approximate surface area is 191 Å². The van der Waals surface area contributed by atoms with Crippen molar-refractivity contribution in [3.05, 3.63) is 100 Å². The number of nitrogens with zero attached hydrogens (tertiary/aromatic N) is 1. The normalized spacial score (nSPS) is 10.6. The van der Waals surface area contributed by atoms with Crippen molar-refractivity contribution < 1.29 is 14.3 Å². The van der Waals surface area contributed by atoms with Crippen LogP contribution >= 0.6 is 0 Å². The number of H-pyrrole nitrogens is 1. The van der Waals surface area contributed by atoms with Gasteiger partial charge in [0.1, 0.15) is 11.5 Å². The first kappa shape index (κ1) is 22.0. The van der Waals surface area contributed by atoms with Gasteiger partial charge in [-0.25, -0.2) is 4.79 Å². The number of para-hydroxylation sites is 2. The minimum atomic E-state index is -0.336. The second kappa shape index (κ2) is 9.91. The molecule has 0 aliphatic heterocycles. The topological polar surface area (TPSA) is 83.7 Å². The fraction of sp³-hybridized carbons (Fsp3) is 0.154. The number of nitrogens with one attached hydrogen (secondary N) is 2. The summed E-state index contributed by atoms with van der Waals surface area (Å²) in [6.07, 6.45) is 0. The van der Waals surface area contributed by atoms with Crippen LogP contribution in [0.3, 0.4) is 0 Å². The second-order valence-corrected chi connectivity index (χ2v) is 7.55. The monoisotopic (exact) mass is 443 g/mol. The number of hydrogen-bond acceptors (Lipinski definition) is 4. The summed E-state index contributed by atoms with van der Waals surface area (Å²) in [5.74, 6) is 1.22. The van der Waals surface area contributed by atoms with Crippen LogP contribution in [0.15, 0.2) is 83.7 Å². The van der Waals surface area contributed by atoms with Crippen LogP contribution in [0.4, 0.5) is 10.5 Å². The van der Waals surface area contributed by atoms with Gasteiger partial charge >= 0.3 is 6.03 Å². The summed E-state index contributed by atoms with van der Waals surface area (Å²) in [7, 11) is 3.13. The van der Waals surface area contributed by atoms with Crippen LogP contribution < -0.4 is 20.3 Å². The molecule has 2 amide bonds. The highest BCUT2D eigenvalue weighted by Crippen LogP contribution is 2.24. The molecular formula is C26H25N3O4. The van der Waals surface area contributed by atoms with Crippen molar-refractivity contribution in [3.63, 3.8) is 0 Å². The fourth-order valence-electron chi connectivity index (χ4n) is 3.62. The van der Waals surface area contributed by atoms with E-state index in [0.29, 0.717) is 34.8 Å². The van der Waals surface area contributed by atoms with Crippen molar-refractivity contribution in [1.29, 1.82) is 0 Å². The summed E-state index contributed by atoms with van der Waals surface area (Å²) in [5.41, 5.74) is 2.42. The van der Waals surface area contributed by atoms with Crippen LogP contribution in [0.1, 0.15) is 11.1 Å². The molecule has 7 heteroatoms. The molecule has 3 aromatic carbocycles. The average Bonchev–Trinajstić information content (AvgIpc) is 2.84. The van der Waals surface area contributed by atoms with Gasteiger partial charge in [0.05, 0.1) is 32.0 Å². The van der Waals surface area contributed by atoms with Crippen molar-refractivity contribution >= 4 is 22.6 Å². The van der Waals surface area contributed by atoms with E-state index in [2.05, 4.69) is 10.3 Å². The molecule has 0 unspecified atom stereocenters.